The highest BCUT2D eigenvalue weighted by Crippen LogP contribution is 2.53. The molecule has 1 aliphatic carbocycles. The van der Waals surface area contributed by atoms with Crippen molar-refractivity contribution in [2.75, 3.05) is 19.2 Å². The Kier molecular flexibility index (Phi) is 12.8. The summed E-state index contributed by atoms with van der Waals surface area (Å²) in [4.78, 5) is 53.1. The van der Waals surface area contributed by atoms with E-state index in [-0.39, 0.29) is 61.9 Å². The highest BCUT2D eigenvalue weighted by molar-refractivity contribution is 6.21. The van der Waals surface area contributed by atoms with Gasteiger partial charge in [0.15, 0.2) is 11.5 Å². The number of esters is 2. The van der Waals surface area contributed by atoms with Gasteiger partial charge in [-0.25, -0.2) is 0 Å². The van der Waals surface area contributed by atoms with Gasteiger partial charge in [0.2, 0.25) is 6.79 Å². The van der Waals surface area contributed by atoms with Crippen LogP contribution in [0.1, 0.15) is 76.9 Å². The Labute approximate surface area is 324 Å². The fourth-order valence-electron chi connectivity index (χ4n) is 7.31. The zero-order chi connectivity index (χ0) is 42.4. The quantitative estimate of drug-likeness (QED) is 0.122. The van der Waals surface area contributed by atoms with Crippen molar-refractivity contribution < 1.29 is 73.9 Å². The molecule has 16 nitrogen and oxygen atoms in total. The van der Waals surface area contributed by atoms with Crippen molar-refractivity contribution in [2.45, 2.75) is 97.9 Å². The number of hydrogen-bond acceptors (Lipinski definition) is 15. The van der Waals surface area contributed by atoms with Gasteiger partial charge in [0.05, 0.1) is 48.3 Å². The molecule has 0 radical (unpaired) electrons. The SMILES string of the molecule is COC(=O)C1C(O)C(C)C(O)C(C)(O)/C=C\C=C(\C)C(=O)Nc2c(C)c(OC(C)=O)c3c(c2O)C(=O)C(C)=C2OCOC(=C23)/C(C)=C/C(C)(O)C(O)C(C)C1O. The Balaban J connectivity index is 2.08. The molecule has 0 spiro atoms. The van der Waals surface area contributed by atoms with Crippen LogP contribution in [0.3, 0.4) is 0 Å². The Bertz CT molecular complexity index is 1970. The van der Waals surface area contributed by atoms with Gasteiger partial charge >= 0.3 is 11.9 Å². The lowest BCUT2D eigenvalue weighted by Gasteiger charge is -2.40. The molecular weight excluding hydrogens is 734 g/mol. The number of anilines is 1. The summed E-state index contributed by atoms with van der Waals surface area (Å²) in [6.07, 6.45) is -2.56. The van der Waals surface area contributed by atoms with E-state index in [0.717, 1.165) is 20.1 Å². The molecule has 56 heavy (non-hydrogen) atoms. The second-order valence-electron chi connectivity index (χ2n) is 15.0. The summed E-state index contributed by atoms with van der Waals surface area (Å²) in [6, 6.07) is 0. The number of hydrogen-bond donors (Lipinski definition) is 8. The first-order valence-electron chi connectivity index (χ1n) is 17.9. The summed E-state index contributed by atoms with van der Waals surface area (Å²) < 4.78 is 22.2. The number of aliphatic hydroxyl groups is 6. The van der Waals surface area contributed by atoms with Gasteiger partial charge in [-0.1, -0.05) is 32.1 Å². The van der Waals surface area contributed by atoms with Gasteiger partial charge in [-0.2, -0.15) is 0 Å². The average Bonchev–Trinajstić information content (AvgIpc) is 3.13. The number of aliphatic hydroxyl groups excluding tert-OH is 4. The predicted octanol–water partition coefficient (Wildman–Crippen LogP) is 2.22. The van der Waals surface area contributed by atoms with E-state index >= 15 is 0 Å². The van der Waals surface area contributed by atoms with Crippen LogP contribution in [-0.4, -0.2) is 109 Å². The molecule has 3 heterocycles. The number of rotatable bonds is 2. The molecule has 16 heteroatoms. The molecule has 1 aromatic carbocycles. The summed E-state index contributed by atoms with van der Waals surface area (Å²) >= 11 is 0. The molecule has 0 saturated heterocycles. The number of methoxy groups -OCH3 is 1. The number of fused-ring (bicyclic) bond motifs is 14. The molecule has 4 aliphatic rings. The van der Waals surface area contributed by atoms with Crippen molar-refractivity contribution >= 4 is 34.9 Å². The zero-order valence-corrected chi connectivity index (χ0v) is 33.0. The van der Waals surface area contributed by atoms with Crippen molar-refractivity contribution in [3.63, 3.8) is 0 Å². The minimum Gasteiger partial charge on any atom is -0.505 e. The van der Waals surface area contributed by atoms with Gasteiger partial charge in [0.1, 0.15) is 34.4 Å². The summed E-state index contributed by atoms with van der Waals surface area (Å²) in [6.45, 7) is 11.5. The van der Waals surface area contributed by atoms with Crippen molar-refractivity contribution in [1.82, 2.24) is 0 Å². The fourth-order valence-corrected chi connectivity index (χ4v) is 7.31. The van der Waals surface area contributed by atoms with Crippen molar-refractivity contribution in [1.29, 1.82) is 0 Å². The molecule has 8 N–H and O–H groups in total. The Morgan fingerprint density at radius 1 is 0.875 bits per heavy atom. The van der Waals surface area contributed by atoms with E-state index in [1.807, 2.05) is 0 Å². The molecule has 0 saturated carbocycles. The second kappa shape index (κ2) is 16.3. The first kappa shape index (κ1) is 43.9. The third kappa shape index (κ3) is 8.03. The summed E-state index contributed by atoms with van der Waals surface area (Å²) in [5.74, 6) is -8.84. The van der Waals surface area contributed by atoms with Crippen LogP contribution in [0, 0.1) is 24.7 Å². The van der Waals surface area contributed by atoms with E-state index in [1.54, 1.807) is 0 Å². The van der Waals surface area contributed by atoms with E-state index < -0.39 is 89.5 Å². The maximum Gasteiger partial charge on any atom is 0.313 e. The van der Waals surface area contributed by atoms with E-state index in [0.29, 0.717) is 0 Å². The van der Waals surface area contributed by atoms with Crippen molar-refractivity contribution in [3.05, 3.63) is 69.2 Å². The minimum absolute atomic E-state index is 0.00246. The molecule has 5 rings (SSSR count). The van der Waals surface area contributed by atoms with Crippen LogP contribution in [0.25, 0.3) is 5.57 Å². The standard InChI is InChI=1S/C40H51NO15/c1-16-12-11-13-39(8,51)35(47)20(5)29(44)26(38(50)53-10)30(45)21(6)36(48)40(9,52)14-17(2)32-25-23-24(28(43)19(4)33(25)55-15-54-32)31(46)27(41-37(16)49)18(3)34(23)56-22(7)42/h11-14,20-21,26,29-30,35-36,44-48,51-52H,15H2,1-10H3,(H,41,49)/b13-11-,16-12-,17-14+. The smallest absolute Gasteiger partial charge is 0.313 e. The lowest BCUT2D eigenvalue weighted by molar-refractivity contribution is -0.171. The molecule has 306 valence electrons. The molecule has 0 aromatic heterocycles. The van der Waals surface area contributed by atoms with Crippen LogP contribution in [0.2, 0.25) is 0 Å². The van der Waals surface area contributed by atoms with Gasteiger partial charge in [-0.15, -0.1) is 0 Å². The lowest BCUT2D eigenvalue weighted by atomic mass is 9.74. The number of ether oxygens (including phenoxy) is 4. The highest BCUT2D eigenvalue weighted by atomic mass is 16.7. The topological polar surface area (TPSA) is 259 Å². The second-order valence-corrected chi connectivity index (χ2v) is 15.0. The van der Waals surface area contributed by atoms with E-state index in [9.17, 15) is 54.9 Å². The molecular formula is C40H51NO15. The van der Waals surface area contributed by atoms with Gasteiger partial charge in [-0.05, 0) is 53.2 Å². The molecule has 1 amide bonds. The number of carbonyl (C=O) groups is 4. The first-order valence-corrected chi connectivity index (χ1v) is 17.9. The van der Waals surface area contributed by atoms with Crippen LogP contribution in [0.15, 0.2) is 52.5 Å². The Hall–Kier alpha value is -4.84. The van der Waals surface area contributed by atoms with Gasteiger partial charge < -0.3 is 60.0 Å². The van der Waals surface area contributed by atoms with Gasteiger partial charge in [-0.3, -0.25) is 19.2 Å². The number of phenols is 1. The summed E-state index contributed by atoms with van der Waals surface area (Å²) in [7, 11) is 1.01. The zero-order valence-electron chi connectivity index (χ0n) is 33.0. The normalized spacial score (nSPS) is 34.2. The molecule has 9 atom stereocenters. The van der Waals surface area contributed by atoms with Gasteiger partial charge in [0, 0.05) is 41.0 Å². The predicted molar refractivity (Wildman–Crippen MR) is 200 cm³/mol. The largest absolute Gasteiger partial charge is 0.505 e. The van der Waals surface area contributed by atoms with Gasteiger partial charge in [0.25, 0.3) is 5.91 Å². The average molecular weight is 786 g/mol. The van der Waals surface area contributed by atoms with Crippen LogP contribution in [0.5, 0.6) is 11.5 Å². The van der Waals surface area contributed by atoms with Crippen LogP contribution in [0.4, 0.5) is 5.69 Å². The molecule has 9 unspecified atom stereocenters. The number of ketones is 1. The minimum atomic E-state index is -2.22. The number of phenolic OH excluding ortho intramolecular Hbond substituents is 1. The Morgan fingerprint density at radius 3 is 1.98 bits per heavy atom. The monoisotopic (exact) mass is 785 g/mol. The number of aromatic hydroxyl groups is 1. The van der Waals surface area contributed by atoms with E-state index in [4.69, 9.17) is 18.9 Å². The molecule has 0 fully saturated rings. The number of nitrogens with one attached hydrogen (secondary N) is 1. The maximum atomic E-state index is 14.0. The number of benzene rings is 1. The van der Waals surface area contributed by atoms with Crippen molar-refractivity contribution in [3.8, 4) is 11.5 Å². The van der Waals surface area contributed by atoms with Crippen LogP contribution >= 0.6 is 0 Å². The molecule has 4 bridgehead atoms. The van der Waals surface area contributed by atoms with Crippen molar-refractivity contribution in [2.24, 2.45) is 17.8 Å². The van der Waals surface area contributed by atoms with E-state index in [1.165, 1.54) is 73.6 Å². The summed E-state index contributed by atoms with van der Waals surface area (Å²) in [5, 5.41) is 82.9. The first-order chi connectivity index (χ1) is 25.9. The molecule has 1 aromatic rings. The number of Topliss-reactive ketones (excluding diaryl/α,β-unsaturated/α-hetero) is 1. The number of carbonyl (C=O) groups excluding carboxylic acids is 4. The maximum absolute atomic E-state index is 14.0. The van der Waals surface area contributed by atoms with Crippen LogP contribution in [-0.2, 0) is 28.6 Å². The number of allylic oxidation sites excluding steroid dienone is 5. The lowest BCUT2D eigenvalue weighted by Crippen LogP contribution is -2.54. The molecule has 3 aliphatic heterocycles. The van der Waals surface area contributed by atoms with E-state index in [2.05, 4.69) is 5.32 Å². The number of amides is 1. The fraction of sp³-hybridized carbons (Fsp3) is 0.500. The Morgan fingerprint density at radius 2 is 1.43 bits per heavy atom. The summed E-state index contributed by atoms with van der Waals surface area (Å²) in [5.41, 5.74) is -4.84. The third-order valence-electron chi connectivity index (χ3n) is 10.7. The van der Waals surface area contributed by atoms with Crippen LogP contribution < -0.4 is 10.1 Å². The third-order valence-corrected chi connectivity index (χ3v) is 10.7. The highest BCUT2D eigenvalue weighted by Gasteiger charge is 2.48.